The Morgan fingerprint density at radius 2 is 1.78 bits per heavy atom. The molecule has 1 saturated heterocycles. The highest BCUT2D eigenvalue weighted by atomic mass is 35.5. The Morgan fingerprint density at radius 1 is 1.03 bits per heavy atom. The molecule has 1 aliphatic heterocycles. The Bertz CT molecular complexity index is 1400. The molecule has 10 heteroatoms. The van der Waals surface area contributed by atoms with Crippen LogP contribution in [0.3, 0.4) is 0 Å². The molecule has 3 heterocycles. The van der Waals surface area contributed by atoms with Crippen LogP contribution in [0.5, 0.6) is 11.6 Å². The number of carbonyl (C=O) groups excluding carboxylic acids is 2. The summed E-state index contributed by atoms with van der Waals surface area (Å²) in [5, 5.41) is 16.2. The average Bonchev–Trinajstić information content (AvgIpc) is 3.42. The molecule has 5 rings (SSSR count). The number of benzene rings is 2. The number of hydrogen-bond acceptors (Lipinski definition) is 6. The van der Waals surface area contributed by atoms with Crippen LogP contribution in [0.25, 0.3) is 5.82 Å². The lowest BCUT2D eigenvalue weighted by Crippen LogP contribution is -2.28. The summed E-state index contributed by atoms with van der Waals surface area (Å²) in [4.78, 5) is 26.8. The number of nitrogens with zero attached hydrogens (tertiary/aromatic N) is 5. The van der Waals surface area contributed by atoms with Crippen molar-refractivity contribution in [1.82, 2.24) is 20.0 Å². The van der Waals surface area contributed by atoms with Crippen LogP contribution in [-0.2, 0) is 9.59 Å². The summed E-state index contributed by atoms with van der Waals surface area (Å²) in [5.74, 6) is 0.742. The van der Waals surface area contributed by atoms with E-state index < -0.39 is 5.92 Å². The van der Waals surface area contributed by atoms with Gasteiger partial charge in [0, 0.05) is 41.1 Å². The van der Waals surface area contributed by atoms with Crippen molar-refractivity contribution < 1.29 is 14.3 Å². The highest BCUT2D eigenvalue weighted by molar-refractivity contribution is 6.30. The molecule has 9 nitrogen and oxygen atoms in total. The predicted molar refractivity (Wildman–Crippen MR) is 136 cm³/mol. The molecule has 2 aromatic heterocycles. The summed E-state index contributed by atoms with van der Waals surface area (Å²) < 4.78 is 7.49. The number of ether oxygens (including phenoxy) is 1. The topological polar surface area (TPSA) is 102 Å². The van der Waals surface area contributed by atoms with Crippen LogP contribution in [0.2, 0.25) is 5.02 Å². The monoisotopic (exact) mass is 502 g/mol. The summed E-state index contributed by atoms with van der Waals surface area (Å²) in [5.41, 5.74) is 3.20. The Labute approximate surface area is 212 Å². The quantitative estimate of drug-likeness (QED) is 0.409. The van der Waals surface area contributed by atoms with E-state index in [9.17, 15) is 9.59 Å². The van der Waals surface area contributed by atoms with E-state index in [1.165, 1.54) is 0 Å². The van der Waals surface area contributed by atoms with E-state index in [0.29, 0.717) is 34.7 Å². The number of halogens is 1. The minimum absolute atomic E-state index is 0.0915. The van der Waals surface area contributed by atoms with Crippen LogP contribution in [-0.4, -0.2) is 38.3 Å². The molecule has 0 spiro atoms. The number of aromatic nitrogens is 4. The number of hydrogen-bond donors (Lipinski definition) is 1. The Balaban J connectivity index is 1.18. The van der Waals surface area contributed by atoms with Crippen LogP contribution in [0.15, 0.2) is 66.7 Å². The van der Waals surface area contributed by atoms with Gasteiger partial charge in [0.1, 0.15) is 5.75 Å². The van der Waals surface area contributed by atoms with Gasteiger partial charge in [-0.1, -0.05) is 11.6 Å². The zero-order chi connectivity index (χ0) is 25.2. The standard InChI is InChI=1S/C26H23ClN6O3/c1-16-13-17(2)33(31-16)23-11-12-24(30-29-23)36-22-9-5-20(6-10-22)28-26(35)18-14-25(34)32(15-18)21-7-3-19(27)4-8-21/h3-13,18H,14-15H2,1-2H3,(H,28,35). The molecule has 1 fully saturated rings. The van der Waals surface area contributed by atoms with Crippen LogP contribution >= 0.6 is 11.6 Å². The fraction of sp³-hybridized carbons (Fsp3) is 0.192. The fourth-order valence-corrected chi connectivity index (χ4v) is 4.19. The average molecular weight is 503 g/mol. The van der Waals surface area contributed by atoms with Crippen LogP contribution in [0, 0.1) is 19.8 Å². The third kappa shape index (κ3) is 5.06. The lowest BCUT2D eigenvalue weighted by molar-refractivity contribution is -0.122. The van der Waals surface area contributed by atoms with Gasteiger partial charge in [0.05, 0.1) is 11.6 Å². The van der Waals surface area contributed by atoms with E-state index in [2.05, 4.69) is 20.6 Å². The normalized spacial score (nSPS) is 15.2. The molecule has 182 valence electrons. The van der Waals surface area contributed by atoms with Gasteiger partial charge in [0.2, 0.25) is 17.7 Å². The maximum absolute atomic E-state index is 12.8. The largest absolute Gasteiger partial charge is 0.438 e. The lowest BCUT2D eigenvalue weighted by Gasteiger charge is -2.16. The Hall–Kier alpha value is -4.24. The van der Waals surface area contributed by atoms with Gasteiger partial charge in [-0.25, -0.2) is 4.68 Å². The van der Waals surface area contributed by atoms with Crippen molar-refractivity contribution in [3.63, 3.8) is 0 Å². The molecule has 0 bridgehead atoms. The van der Waals surface area contributed by atoms with Crippen molar-refractivity contribution in [1.29, 1.82) is 0 Å². The maximum Gasteiger partial charge on any atom is 0.238 e. The third-order valence-electron chi connectivity index (χ3n) is 5.83. The van der Waals surface area contributed by atoms with Gasteiger partial charge in [-0.15, -0.1) is 10.2 Å². The molecular weight excluding hydrogens is 480 g/mol. The smallest absolute Gasteiger partial charge is 0.238 e. The first-order chi connectivity index (χ1) is 17.4. The Morgan fingerprint density at radius 3 is 2.42 bits per heavy atom. The van der Waals surface area contributed by atoms with Gasteiger partial charge in [-0.3, -0.25) is 9.59 Å². The molecule has 0 radical (unpaired) electrons. The number of aryl methyl sites for hydroxylation is 2. The number of rotatable bonds is 6. The molecule has 2 aromatic carbocycles. The molecule has 4 aromatic rings. The zero-order valence-corrected chi connectivity index (χ0v) is 20.4. The van der Waals surface area contributed by atoms with E-state index in [-0.39, 0.29) is 18.2 Å². The van der Waals surface area contributed by atoms with Gasteiger partial charge in [0.25, 0.3) is 0 Å². The first-order valence-corrected chi connectivity index (χ1v) is 11.8. The molecule has 0 saturated carbocycles. The lowest BCUT2D eigenvalue weighted by atomic mass is 10.1. The summed E-state index contributed by atoms with van der Waals surface area (Å²) in [6, 6.07) is 19.4. The van der Waals surface area contributed by atoms with Crippen molar-refractivity contribution in [2.45, 2.75) is 20.3 Å². The van der Waals surface area contributed by atoms with Crippen molar-refractivity contribution in [3.8, 4) is 17.4 Å². The van der Waals surface area contributed by atoms with Gasteiger partial charge in [-0.05, 0) is 74.5 Å². The Kier molecular flexibility index (Phi) is 6.39. The summed E-state index contributed by atoms with van der Waals surface area (Å²) >= 11 is 5.93. The number of amides is 2. The van der Waals surface area contributed by atoms with E-state index in [4.69, 9.17) is 16.3 Å². The molecule has 1 unspecified atom stereocenters. The summed E-state index contributed by atoms with van der Waals surface area (Å²) in [7, 11) is 0. The minimum Gasteiger partial charge on any atom is -0.438 e. The second kappa shape index (κ2) is 9.79. The number of carbonyl (C=O) groups is 2. The van der Waals surface area contributed by atoms with E-state index in [0.717, 1.165) is 17.1 Å². The van der Waals surface area contributed by atoms with Crippen LogP contribution < -0.4 is 15.0 Å². The van der Waals surface area contributed by atoms with Crippen LogP contribution in [0.4, 0.5) is 11.4 Å². The molecule has 36 heavy (non-hydrogen) atoms. The van der Waals surface area contributed by atoms with Crippen LogP contribution in [0.1, 0.15) is 17.8 Å². The molecule has 1 N–H and O–H groups in total. The summed E-state index contributed by atoms with van der Waals surface area (Å²) in [6.45, 7) is 4.19. The van der Waals surface area contributed by atoms with Crippen molar-refractivity contribution >= 4 is 34.8 Å². The second-order valence-corrected chi connectivity index (χ2v) is 9.00. The molecule has 1 aliphatic rings. The third-order valence-corrected chi connectivity index (χ3v) is 6.08. The molecular formula is C26H23ClN6O3. The fourth-order valence-electron chi connectivity index (χ4n) is 4.07. The minimum atomic E-state index is -0.444. The van der Waals surface area contributed by atoms with Gasteiger partial charge in [0.15, 0.2) is 5.82 Å². The molecule has 1 atom stereocenters. The summed E-state index contributed by atoms with van der Waals surface area (Å²) in [6.07, 6.45) is 0.155. The van der Waals surface area contributed by atoms with Gasteiger partial charge < -0.3 is 15.0 Å². The highest BCUT2D eigenvalue weighted by Crippen LogP contribution is 2.28. The zero-order valence-electron chi connectivity index (χ0n) is 19.7. The van der Waals surface area contributed by atoms with E-state index in [1.54, 1.807) is 70.2 Å². The number of anilines is 2. The molecule has 2 amide bonds. The first-order valence-electron chi connectivity index (χ1n) is 11.4. The van der Waals surface area contributed by atoms with Crippen molar-refractivity contribution in [2.24, 2.45) is 5.92 Å². The van der Waals surface area contributed by atoms with Gasteiger partial charge in [-0.2, -0.15) is 5.10 Å². The van der Waals surface area contributed by atoms with E-state index >= 15 is 0 Å². The van der Waals surface area contributed by atoms with Crippen molar-refractivity contribution in [3.05, 3.63) is 83.1 Å². The van der Waals surface area contributed by atoms with E-state index in [1.807, 2.05) is 19.9 Å². The first kappa shape index (κ1) is 23.5. The molecule has 0 aliphatic carbocycles. The number of nitrogens with one attached hydrogen (secondary N) is 1. The SMILES string of the molecule is Cc1cc(C)n(-c2ccc(Oc3ccc(NC(=O)C4CC(=O)N(c5ccc(Cl)cc5)C4)cc3)nn2)n1. The van der Waals surface area contributed by atoms with Gasteiger partial charge >= 0.3 is 0 Å². The maximum atomic E-state index is 12.8. The highest BCUT2D eigenvalue weighted by Gasteiger charge is 2.35. The predicted octanol–water partition coefficient (Wildman–Crippen LogP) is 4.72. The van der Waals surface area contributed by atoms with Crippen molar-refractivity contribution in [2.75, 3.05) is 16.8 Å². The second-order valence-electron chi connectivity index (χ2n) is 8.57.